The normalized spacial score (nSPS) is 12.0. The topological polar surface area (TPSA) is 44.5 Å². The number of nitrogens with two attached hydrogens (primary N) is 1. The number of halogens is 1. The average molecular weight is 350 g/mol. The zero-order chi connectivity index (χ0) is 15.4. The molecule has 112 valence electrons. The van der Waals surface area contributed by atoms with Gasteiger partial charge in [0.15, 0.2) is 0 Å². The Kier molecular flexibility index (Phi) is 5.26. The van der Waals surface area contributed by atoms with E-state index in [2.05, 4.69) is 22.0 Å². The van der Waals surface area contributed by atoms with Gasteiger partial charge in [-0.05, 0) is 49.2 Å². The fourth-order valence-electron chi connectivity index (χ4n) is 2.13. The van der Waals surface area contributed by atoms with Crippen LogP contribution in [0, 0.1) is 6.92 Å². The van der Waals surface area contributed by atoms with Crippen LogP contribution in [0.5, 0.6) is 11.5 Å². The Morgan fingerprint density at radius 2 is 1.86 bits per heavy atom. The fraction of sp³-hybridized carbons (Fsp3) is 0.294. The minimum absolute atomic E-state index is 0.0305. The highest BCUT2D eigenvalue weighted by Gasteiger charge is 2.08. The van der Waals surface area contributed by atoms with E-state index >= 15 is 0 Å². The van der Waals surface area contributed by atoms with E-state index < -0.39 is 0 Å². The van der Waals surface area contributed by atoms with Crippen LogP contribution in [0.1, 0.15) is 29.7 Å². The molecule has 0 bridgehead atoms. The predicted octanol–water partition coefficient (Wildman–Crippen LogP) is 4.36. The van der Waals surface area contributed by atoms with Crippen molar-refractivity contribution in [2.24, 2.45) is 5.73 Å². The molecule has 0 heterocycles. The van der Waals surface area contributed by atoms with Crippen LogP contribution in [-0.2, 0) is 6.61 Å². The van der Waals surface area contributed by atoms with Gasteiger partial charge in [0, 0.05) is 16.1 Å². The van der Waals surface area contributed by atoms with Gasteiger partial charge in [0.25, 0.3) is 0 Å². The Morgan fingerprint density at radius 3 is 2.48 bits per heavy atom. The van der Waals surface area contributed by atoms with E-state index in [4.69, 9.17) is 15.2 Å². The molecule has 2 aromatic carbocycles. The summed E-state index contributed by atoms with van der Waals surface area (Å²) in [7, 11) is 1.66. The van der Waals surface area contributed by atoms with Crippen molar-refractivity contribution in [3.8, 4) is 11.5 Å². The molecule has 2 N–H and O–H groups in total. The number of aryl methyl sites for hydroxylation is 1. The molecule has 0 spiro atoms. The highest BCUT2D eigenvalue weighted by atomic mass is 79.9. The number of rotatable bonds is 5. The molecule has 4 heteroatoms. The van der Waals surface area contributed by atoms with Gasteiger partial charge in [0.05, 0.1) is 7.11 Å². The third kappa shape index (κ3) is 3.99. The van der Waals surface area contributed by atoms with E-state index in [-0.39, 0.29) is 6.04 Å². The van der Waals surface area contributed by atoms with Crippen LogP contribution in [0.4, 0.5) is 0 Å². The van der Waals surface area contributed by atoms with Crippen LogP contribution >= 0.6 is 15.9 Å². The van der Waals surface area contributed by atoms with Crippen molar-refractivity contribution in [2.75, 3.05) is 7.11 Å². The molecular formula is C17H20BrNO2. The van der Waals surface area contributed by atoms with Crippen molar-refractivity contribution in [1.29, 1.82) is 0 Å². The largest absolute Gasteiger partial charge is 0.496 e. The maximum atomic E-state index is 5.91. The number of hydrogen-bond acceptors (Lipinski definition) is 3. The van der Waals surface area contributed by atoms with E-state index in [9.17, 15) is 0 Å². The van der Waals surface area contributed by atoms with E-state index in [0.29, 0.717) is 6.61 Å². The summed E-state index contributed by atoms with van der Waals surface area (Å²) >= 11 is 3.47. The van der Waals surface area contributed by atoms with Gasteiger partial charge in [-0.25, -0.2) is 0 Å². The lowest BCUT2D eigenvalue weighted by Gasteiger charge is -2.14. The molecule has 0 aliphatic carbocycles. The third-order valence-electron chi connectivity index (χ3n) is 3.35. The Hall–Kier alpha value is -1.52. The van der Waals surface area contributed by atoms with Crippen LogP contribution in [0.15, 0.2) is 40.9 Å². The molecule has 3 nitrogen and oxygen atoms in total. The van der Waals surface area contributed by atoms with Gasteiger partial charge < -0.3 is 15.2 Å². The molecule has 2 rings (SSSR count). The summed E-state index contributed by atoms with van der Waals surface area (Å²) in [5, 5.41) is 0. The number of methoxy groups -OCH3 is 1. The Morgan fingerprint density at radius 1 is 1.14 bits per heavy atom. The lowest BCUT2D eigenvalue weighted by molar-refractivity contribution is 0.294. The summed E-state index contributed by atoms with van der Waals surface area (Å²) in [4.78, 5) is 0. The minimum atomic E-state index is 0.0305. The summed E-state index contributed by atoms with van der Waals surface area (Å²) in [5.74, 6) is 1.68. The van der Waals surface area contributed by atoms with Gasteiger partial charge in [-0.2, -0.15) is 0 Å². The number of ether oxygens (including phenoxy) is 2. The molecule has 21 heavy (non-hydrogen) atoms. The molecule has 1 atom stereocenters. The molecular weight excluding hydrogens is 330 g/mol. The molecule has 0 aromatic heterocycles. The van der Waals surface area contributed by atoms with Crippen molar-refractivity contribution < 1.29 is 9.47 Å². The molecule has 0 saturated heterocycles. The first-order chi connectivity index (χ1) is 10.0. The zero-order valence-electron chi connectivity index (χ0n) is 12.5. The van der Waals surface area contributed by atoms with Crippen molar-refractivity contribution in [1.82, 2.24) is 0 Å². The molecule has 0 aliphatic rings. The zero-order valence-corrected chi connectivity index (χ0v) is 14.1. The summed E-state index contributed by atoms with van der Waals surface area (Å²) in [6, 6.07) is 12.0. The van der Waals surface area contributed by atoms with Gasteiger partial charge in [-0.3, -0.25) is 0 Å². The minimum Gasteiger partial charge on any atom is -0.496 e. The van der Waals surface area contributed by atoms with E-state index in [0.717, 1.165) is 32.7 Å². The van der Waals surface area contributed by atoms with Gasteiger partial charge in [0.2, 0.25) is 0 Å². The molecule has 0 amide bonds. The molecule has 0 fully saturated rings. The highest BCUT2D eigenvalue weighted by molar-refractivity contribution is 9.10. The lowest BCUT2D eigenvalue weighted by Crippen LogP contribution is -2.06. The fourth-order valence-corrected chi connectivity index (χ4v) is 2.54. The first kappa shape index (κ1) is 15.9. The average Bonchev–Trinajstić information content (AvgIpc) is 2.46. The standard InChI is InChI=1S/C17H20BrNO2/c1-11-8-13(12(2)19)4-6-16(11)21-10-14-9-15(18)5-7-17(14)20-3/h4-9,12H,10,19H2,1-3H3/t12-/m0/s1. The van der Waals surface area contributed by atoms with Crippen LogP contribution < -0.4 is 15.2 Å². The van der Waals surface area contributed by atoms with Gasteiger partial charge in [0.1, 0.15) is 18.1 Å². The Balaban J connectivity index is 2.15. The maximum absolute atomic E-state index is 5.91. The van der Waals surface area contributed by atoms with Crippen LogP contribution in [0.25, 0.3) is 0 Å². The van der Waals surface area contributed by atoms with Crippen LogP contribution in [0.2, 0.25) is 0 Å². The highest BCUT2D eigenvalue weighted by Crippen LogP contribution is 2.27. The summed E-state index contributed by atoms with van der Waals surface area (Å²) in [6.07, 6.45) is 0. The van der Waals surface area contributed by atoms with Crippen LogP contribution in [-0.4, -0.2) is 7.11 Å². The van der Waals surface area contributed by atoms with Crippen molar-refractivity contribution in [2.45, 2.75) is 26.5 Å². The summed E-state index contributed by atoms with van der Waals surface area (Å²) in [6.45, 7) is 4.46. The monoisotopic (exact) mass is 349 g/mol. The first-order valence-corrected chi connectivity index (χ1v) is 7.62. The van der Waals surface area contributed by atoms with Crippen molar-refractivity contribution in [3.05, 3.63) is 57.6 Å². The molecule has 0 radical (unpaired) electrons. The number of benzene rings is 2. The maximum Gasteiger partial charge on any atom is 0.125 e. The second-order valence-corrected chi connectivity index (χ2v) is 5.97. The Bertz CT molecular complexity index is 626. The second-order valence-electron chi connectivity index (χ2n) is 5.06. The SMILES string of the molecule is COc1ccc(Br)cc1COc1ccc([C@H](C)N)cc1C. The number of hydrogen-bond donors (Lipinski definition) is 1. The summed E-state index contributed by atoms with van der Waals surface area (Å²) in [5.41, 5.74) is 9.09. The van der Waals surface area contributed by atoms with Gasteiger partial charge in [-0.15, -0.1) is 0 Å². The smallest absolute Gasteiger partial charge is 0.125 e. The molecule has 0 saturated carbocycles. The van der Waals surface area contributed by atoms with Crippen molar-refractivity contribution >= 4 is 15.9 Å². The molecule has 0 aliphatic heterocycles. The van der Waals surface area contributed by atoms with Gasteiger partial charge >= 0.3 is 0 Å². The van der Waals surface area contributed by atoms with Crippen molar-refractivity contribution in [3.63, 3.8) is 0 Å². The molecule has 0 unspecified atom stereocenters. The lowest BCUT2D eigenvalue weighted by atomic mass is 10.1. The van der Waals surface area contributed by atoms with E-state index in [1.807, 2.05) is 44.2 Å². The summed E-state index contributed by atoms with van der Waals surface area (Å²) < 4.78 is 12.3. The van der Waals surface area contributed by atoms with Crippen LogP contribution in [0.3, 0.4) is 0 Å². The second kappa shape index (κ2) is 6.96. The third-order valence-corrected chi connectivity index (χ3v) is 3.84. The van der Waals surface area contributed by atoms with Gasteiger partial charge in [-0.1, -0.05) is 28.1 Å². The van der Waals surface area contributed by atoms with E-state index in [1.54, 1.807) is 7.11 Å². The predicted molar refractivity (Wildman–Crippen MR) is 88.8 cm³/mol. The Labute approximate surface area is 134 Å². The molecule has 2 aromatic rings. The van der Waals surface area contributed by atoms with E-state index in [1.165, 1.54) is 0 Å². The first-order valence-electron chi connectivity index (χ1n) is 6.82. The quantitative estimate of drug-likeness (QED) is 0.871.